The van der Waals surface area contributed by atoms with Gasteiger partial charge in [0.1, 0.15) is 18.1 Å². The summed E-state index contributed by atoms with van der Waals surface area (Å²) in [7, 11) is 0. The Labute approximate surface area is 168 Å². The van der Waals surface area contributed by atoms with Crippen molar-refractivity contribution in [3.8, 4) is 16.9 Å². The Morgan fingerprint density at radius 1 is 1.07 bits per heavy atom. The van der Waals surface area contributed by atoms with Crippen LogP contribution in [0.2, 0.25) is 0 Å². The zero-order valence-corrected chi connectivity index (χ0v) is 16.1. The molecule has 0 bridgehead atoms. The minimum Gasteiger partial charge on any atom is -0.477 e. The molecule has 29 heavy (non-hydrogen) atoms. The maximum atomic E-state index is 12.2. The Morgan fingerprint density at radius 3 is 2.69 bits per heavy atom. The normalized spacial score (nSPS) is 13.8. The summed E-state index contributed by atoms with van der Waals surface area (Å²) in [5.41, 5.74) is 5.07. The van der Waals surface area contributed by atoms with Gasteiger partial charge in [-0.1, -0.05) is 36.4 Å². The van der Waals surface area contributed by atoms with Crippen molar-refractivity contribution in [3.63, 3.8) is 0 Å². The van der Waals surface area contributed by atoms with Gasteiger partial charge in [-0.25, -0.2) is 4.79 Å². The number of nitrogens with zero attached hydrogens (tertiary/aromatic N) is 2. The third kappa shape index (κ3) is 3.30. The van der Waals surface area contributed by atoms with Crippen LogP contribution < -0.4 is 10.4 Å². The van der Waals surface area contributed by atoms with Crippen molar-refractivity contribution in [2.45, 2.75) is 20.0 Å². The average molecular weight is 384 g/mol. The van der Waals surface area contributed by atoms with Gasteiger partial charge in [0.15, 0.2) is 0 Å². The van der Waals surface area contributed by atoms with Crippen molar-refractivity contribution in [1.29, 1.82) is 0 Å². The number of benzene rings is 2. The summed E-state index contributed by atoms with van der Waals surface area (Å²) in [6.07, 6.45) is 1.81. The van der Waals surface area contributed by atoms with E-state index >= 15 is 0 Å². The number of aryl methyl sites for hydroxylation is 1. The lowest BCUT2D eigenvalue weighted by molar-refractivity contribution is 0.0870. The molecule has 0 radical (unpaired) electrons. The highest BCUT2D eigenvalue weighted by atomic mass is 16.5. The van der Waals surface area contributed by atoms with Crippen LogP contribution in [-0.4, -0.2) is 16.6 Å². The number of ether oxygens (including phenoxy) is 1. The van der Waals surface area contributed by atoms with Crippen LogP contribution in [-0.2, 0) is 13.1 Å². The van der Waals surface area contributed by atoms with Gasteiger partial charge in [-0.15, -0.1) is 0 Å². The van der Waals surface area contributed by atoms with Crippen LogP contribution in [0.3, 0.4) is 0 Å². The zero-order chi connectivity index (χ0) is 19.8. The van der Waals surface area contributed by atoms with E-state index in [4.69, 9.17) is 9.15 Å². The first-order chi connectivity index (χ1) is 14.2. The molecule has 4 aromatic rings. The summed E-state index contributed by atoms with van der Waals surface area (Å²) < 4.78 is 11.7. The van der Waals surface area contributed by atoms with E-state index in [1.165, 1.54) is 0 Å². The van der Waals surface area contributed by atoms with Gasteiger partial charge in [0.2, 0.25) is 0 Å². The van der Waals surface area contributed by atoms with E-state index in [9.17, 15) is 4.79 Å². The highest BCUT2D eigenvalue weighted by Crippen LogP contribution is 2.38. The fraction of sp³-hybridized carbons (Fsp3) is 0.167. The SMILES string of the molecule is Cc1c2c(cc3c(-c4ccccc4)cc(=O)oc13)CN(Cc1ccccn1)CO2. The third-order valence-corrected chi connectivity index (χ3v) is 5.27. The summed E-state index contributed by atoms with van der Waals surface area (Å²) in [5, 5.41) is 0.926. The van der Waals surface area contributed by atoms with Crippen molar-refractivity contribution in [2.24, 2.45) is 0 Å². The number of hydrogen-bond acceptors (Lipinski definition) is 5. The predicted molar refractivity (Wildman–Crippen MR) is 112 cm³/mol. The predicted octanol–water partition coefficient (Wildman–Crippen LogP) is 4.52. The fourth-order valence-corrected chi connectivity index (χ4v) is 3.95. The number of rotatable bonds is 3. The second-order valence-corrected chi connectivity index (χ2v) is 7.29. The molecular weight excluding hydrogens is 364 g/mol. The van der Waals surface area contributed by atoms with Crippen molar-refractivity contribution < 1.29 is 9.15 Å². The molecule has 144 valence electrons. The van der Waals surface area contributed by atoms with Crippen molar-refractivity contribution in [1.82, 2.24) is 9.88 Å². The van der Waals surface area contributed by atoms with Gasteiger partial charge in [0.25, 0.3) is 0 Å². The first-order valence-electron chi connectivity index (χ1n) is 9.60. The molecule has 1 aliphatic heterocycles. The maximum Gasteiger partial charge on any atom is 0.336 e. The molecule has 0 N–H and O–H groups in total. The molecule has 2 aromatic carbocycles. The number of pyridine rings is 1. The lowest BCUT2D eigenvalue weighted by atomic mass is 9.97. The maximum absolute atomic E-state index is 12.2. The Hall–Kier alpha value is -3.44. The van der Waals surface area contributed by atoms with Gasteiger partial charge >= 0.3 is 5.63 Å². The molecule has 2 aromatic heterocycles. The van der Waals surface area contributed by atoms with E-state index in [0.717, 1.165) is 45.6 Å². The van der Waals surface area contributed by atoms with Crippen LogP contribution >= 0.6 is 0 Å². The zero-order valence-electron chi connectivity index (χ0n) is 16.1. The molecule has 5 nitrogen and oxygen atoms in total. The quantitative estimate of drug-likeness (QED) is 0.486. The summed E-state index contributed by atoms with van der Waals surface area (Å²) >= 11 is 0. The summed E-state index contributed by atoms with van der Waals surface area (Å²) in [4.78, 5) is 18.8. The summed E-state index contributed by atoms with van der Waals surface area (Å²) in [6, 6.07) is 19.5. The largest absolute Gasteiger partial charge is 0.477 e. The van der Waals surface area contributed by atoms with Gasteiger partial charge in [-0.05, 0) is 36.2 Å². The van der Waals surface area contributed by atoms with E-state index in [2.05, 4.69) is 16.0 Å². The van der Waals surface area contributed by atoms with Crippen molar-refractivity contribution >= 4 is 11.0 Å². The van der Waals surface area contributed by atoms with Gasteiger partial charge in [0.05, 0.1) is 5.69 Å². The van der Waals surface area contributed by atoms with E-state index in [1.54, 1.807) is 12.3 Å². The molecular formula is C24H20N2O3. The number of aromatic nitrogens is 1. The molecule has 0 saturated carbocycles. The smallest absolute Gasteiger partial charge is 0.336 e. The first-order valence-corrected chi connectivity index (χ1v) is 9.60. The van der Waals surface area contributed by atoms with Gasteiger partial charge < -0.3 is 9.15 Å². The van der Waals surface area contributed by atoms with E-state index in [-0.39, 0.29) is 5.63 Å². The monoisotopic (exact) mass is 384 g/mol. The Bertz CT molecular complexity index is 1230. The second-order valence-electron chi connectivity index (χ2n) is 7.29. The molecule has 0 spiro atoms. The van der Waals surface area contributed by atoms with E-state index < -0.39 is 0 Å². The molecule has 5 rings (SSSR count). The summed E-state index contributed by atoms with van der Waals surface area (Å²) in [6.45, 7) is 3.88. The molecule has 0 saturated heterocycles. The Morgan fingerprint density at radius 2 is 1.90 bits per heavy atom. The van der Waals surface area contributed by atoms with E-state index in [1.807, 2.05) is 55.5 Å². The molecule has 5 heteroatoms. The van der Waals surface area contributed by atoms with Crippen LogP contribution in [0.25, 0.3) is 22.1 Å². The minimum absolute atomic E-state index is 0.355. The first kappa shape index (κ1) is 17.6. The van der Waals surface area contributed by atoms with Gasteiger partial charge in [-0.3, -0.25) is 9.88 Å². The molecule has 1 aliphatic rings. The lowest BCUT2D eigenvalue weighted by Gasteiger charge is -2.30. The van der Waals surface area contributed by atoms with Crippen molar-refractivity contribution in [3.05, 3.63) is 94.1 Å². The van der Waals surface area contributed by atoms with Crippen LogP contribution in [0, 0.1) is 6.92 Å². The van der Waals surface area contributed by atoms with E-state index in [0.29, 0.717) is 18.9 Å². The topological polar surface area (TPSA) is 55.6 Å². The minimum atomic E-state index is -0.355. The lowest BCUT2D eigenvalue weighted by Crippen LogP contribution is -2.32. The Balaban J connectivity index is 1.60. The van der Waals surface area contributed by atoms with Crippen LogP contribution in [0.1, 0.15) is 16.8 Å². The number of hydrogen-bond donors (Lipinski definition) is 0. The fourth-order valence-electron chi connectivity index (χ4n) is 3.95. The Kier molecular flexibility index (Phi) is 4.37. The second kappa shape index (κ2) is 7.18. The van der Waals surface area contributed by atoms with Crippen LogP contribution in [0.15, 0.2) is 76.1 Å². The summed E-state index contributed by atoms with van der Waals surface area (Å²) in [5.74, 6) is 0.808. The average Bonchev–Trinajstić information content (AvgIpc) is 2.75. The highest BCUT2D eigenvalue weighted by molar-refractivity contribution is 5.96. The molecule has 0 amide bonds. The molecule has 0 fully saturated rings. The molecule has 0 atom stereocenters. The standard InChI is InChI=1S/C24H20N2O3/c1-16-23-18(13-26(15-28-23)14-19-9-5-6-10-25-19)11-21-20(12-22(27)29-24(16)21)17-7-3-2-4-8-17/h2-12H,13-15H2,1H3. The molecule has 0 unspecified atom stereocenters. The van der Waals surface area contributed by atoms with Crippen LogP contribution in [0.5, 0.6) is 5.75 Å². The highest BCUT2D eigenvalue weighted by Gasteiger charge is 2.23. The third-order valence-electron chi connectivity index (χ3n) is 5.27. The molecule has 3 heterocycles. The van der Waals surface area contributed by atoms with Crippen LogP contribution in [0.4, 0.5) is 0 Å². The van der Waals surface area contributed by atoms with Gasteiger partial charge in [0, 0.05) is 41.9 Å². The number of fused-ring (bicyclic) bond motifs is 2. The van der Waals surface area contributed by atoms with Crippen molar-refractivity contribution in [2.75, 3.05) is 6.73 Å². The van der Waals surface area contributed by atoms with Gasteiger partial charge in [-0.2, -0.15) is 0 Å². The molecule has 0 aliphatic carbocycles.